The Labute approximate surface area is 98.0 Å². The number of nitrogen functional groups attached to an aromatic ring is 1. The number of nitrogens with one attached hydrogen (secondary N) is 1. The zero-order valence-corrected chi connectivity index (χ0v) is 9.58. The van der Waals surface area contributed by atoms with Crippen LogP contribution in [0.4, 0.5) is 26.4 Å². The van der Waals surface area contributed by atoms with Gasteiger partial charge in [-0.25, -0.2) is 8.78 Å². The van der Waals surface area contributed by atoms with Crippen LogP contribution in [0.3, 0.4) is 0 Å². The molecular weight excluding hydrogens is 228 g/mol. The van der Waals surface area contributed by atoms with Crippen molar-refractivity contribution >= 4 is 17.6 Å². The Morgan fingerprint density at radius 3 is 2.88 bits per heavy atom. The van der Waals surface area contributed by atoms with E-state index in [1.54, 1.807) is 6.07 Å². The van der Waals surface area contributed by atoms with Gasteiger partial charge in [-0.3, -0.25) is 0 Å². The molecule has 1 fully saturated rings. The maximum absolute atomic E-state index is 13.1. The van der Waals surface area contributed by atoms with Gasteiger partial charge in [0.25, 0.3) is 5.92 Å². The average Bonchev–Trinajstić information content (AvgIpc) is 2.58. The fourth-order valence-electron chi connectivity index (χ4n) is 1.82. The fraction of sp³-hybridized carbons (Fsp3) is 0.600. The average molecular weight is 243 g/mol. The van der Waals surface area contributed by atoms with E-state index in [9.17, 15) is 8.78 Å². The number of hydrogen-bond acceptors (Lipinski definition) is 5. The van der Waals surface area contributed by atoms with Gasteiger partial charge in [0.05, 0.1) is 6.54 Å². The van der Waals surface area contributed by atoms with E-state index in [0.717, 1.165) is 0 Å². The number of alkyl halides is 2. The van der Waals surface area contributed by atoms with Crippen molar-refractivity contribution in [1.82, 2.24) is 9.97 Å². The van der Waals surface area contributed by atoms with Crippen molar-refractivity contribution in [1.29, 1.82) is 0 Å². The van der Waals surface area contributed by atoms with Crippen LogP contribution >= 0.6 is 0 Å². The van der Waals surface area contributed by atoms with E-state index in [4.69, 9.17) is 5.73 Å². The highest BCUT2D eigenvalue weighted by atomic mass is 19.3. The number of anilines is 3. The van der Waals surface area contributed by atoms with E-state index in [2.05, 4.69) is 15.3 Å². The van der Waals surface area contributed by atoms with Crippen LogP contribution in [0.15, 0.2) is 6.07 Å². The lowest BCUT2D eigenvalue weighted by atomic mass is 10.3. The Kier molecular flexibility index (Phi) is 2.99. The van der Waals surface area contributed by atoms with Gasteiger partial charge in [0.2, 0.25) is 5.95 Å². The number of hydrogen-bond donors (Lipinski definition) is 2. The second-order valence-electron chi connectivity index (χ2n) is 4.03. The SMILES string of the molecule is CCNc1cc(N2CCC(F)(F)C2)nc(N)n1. The molecule has 0 aliphatic carbocycles. The van der Waals surface area contributed by atoms with Gasteiger partial charge in [-0.2, -0.15) is 9.97 Å². The highest BCUT2D eigenvalue weighted by Crippen LogP contribution is 2.30. The van der Waals surface area contributed by atoms with Gasteiger partial charge in [-0.1, -0.05) is 0 Å². The second kappa shape index (κ2) is 4.31. The lowest BCUT2D eigenvalue weighted by molar-refractivity contribution is 0.0256. The van der Waals surface area contributed by atoms with Crippen molar-refractivity contribution in [2.24, 2.45) is 0 Å². The molecule has 0 bridgehead atoms. The molecule has 0 unspecified atom stereocenters. The Morgan fingerprint density at radius 1 is 1.53 bits per heavy atom. The predicted octanol–water partition coefficient (Wildman–Crippen LogP) is 1.34. The molecule has 0 aromatic carbocycles. The zero-order chi connectivity index (χ0) is 12.5. The minimum absolute atomic E-state index is 0.0914. The molecule has 2 rings (SSSR count). The number of aromatic nitrogens is 2. The lowest BCUT2D eigenvalue weighted by Crippen LogP contribution is -2.26. The van der Waals surface area contributed by atoms with E-state index >= 15 is 0 Å². The first-order valence-corrected chi connectivity index (χ1v) is 5.51. The van der Waals surface area contributed by atoms with Gasteiger partial charge in [-0.15, -0.1) is 0 Å². The molecule has 17 heavy (non-hydrogen) atoms. The van der Waals surface area contributed by atoms with E-state index in [0.29, 0.717) is 18.2 Å². The summed E-state index contributed by atoms with van der Waals surface area (Å²) in [6.45, 7) is 2.58. The van der Waals surface area contributed by atoms with Crippen LogP contribution in [0.5, 0.6) is 0 Å². The summed E-state index contributed by atoms with van der Waals surface area (Å²) in [5.74, 6) is -1.54. The van der Waals surface area contributed by atoms with Gasteiger partial charge in [0.15, 0.2) is 0 Å². The molecule has 1 aliphatic rings. The summed E-state index contributed by atoms with van der Waals surface area (Å²) in [6.07, 6.45) is -0.145. The quantitative estimate of drug-likeness (QED) is 0.838. The molecule has 0 atom stereocenters. The molecule has 0 amide bonds. The largest absolute Gasteiger partial charge is 0.370 e. The lowest BCUT2D eigenvalue weighted by Gasteiger charge is -2.18. The molecule has 1 aromatic rings. The Balaban J connectivity index is 2.21. The summed E-state index contributed by atoms with van der Waals surface area (Å²) in [5.41, 5.74) is 5.55. The summed E-state index contributed by atoms with van der Waals surface area (Å²) in [7, 11) is 0. The maximum atomic E-state index is 13.1. The fourth-order valence-corrected chi connectivity index (χ4v) is 1.82. The summed E-state index contributed by atoms with van der Waals surface area (Å²) in [5, 5.41) is 2.99. The molecule has 3 N–H and O–H groups in total. The van der Waals surface area contributed by atoms with Crippen LogP contribution in [0.2, 0.25) is 0 Å². The Morgan fingerprint density at radius 2 is 2.29 bits per heavy atom. The van der Waals surface area contributed by atoms with E-state index in [1.807, 2.05) is 6.92 Å². The third-order valence-electron chi connectivity index (χ3n) is 2.58. The van der Waals surface area contributed by atoms with Crippen molar-refractivity contribution in [2.45, 2.75) is 19.3 Å². The molecule has 1 aromatic heterocycles. The standard InChI is InChI=1S/C10H15F2N5/c1-2-14-7-5-8(16-9(13)15-7)17-4-3-10(11,12)6-17/h5H,2-4,6H2,1H3,(H3,13,14,15,16). The van der Waals surface area contributed by atoms with Gasteiger partial charge >= 0.3 is 0 Å². The van der Waals surface area contributed by atoms with Crippen LogP contribution in [-0.4, -0.2) is 35.5 Å². The third-order valence-corrected chi connectivity index (χ3v) is 2.58. The molecule has 0 saturated carbocycles. The van der Waals surface area contributed by atoms with Crippen LogP contribution in [-0.2, 0) is 0 Å². The van der Waals surface area contributed by atoms with Crippen LogP contribution < -0.4 is 16.0 Å². The molecule has 7 heteroatoms. The van der Waals surface area contributed by atoms with Gasteiger partial charge in [0, 0.05) is 25.6 Å². The minimum atomic E-state index is -2.64. The zero-order valence-electron chi connectivity index (χ0n) is 9.58. The van der Waals surface area contributed by atoms with E-state index in [1.165, 1.54) is 4.90 Å². The summed E-state index contributed by atoms with van der Waals surface area (Å²) in [4.78, 5) is 9.48. The monoisotopic (exact) mass is 243 g/mol. The van der Waals surface area contributed by atoms with Crippen molar-refractivity contribution in [3.05, 3.63) is 6.07 Å². The van der Waals surface area contributed by atoms with Crippen molar-refractivity contribution in [3.63, 3.8) is 0 Å². The molecule has 94 valence electrons. The molecule has 2 heterocycles. The number of nitrogens with two attached hydrogens (primary N) is 1. The first-order valence-electron chi connectivity index (χ1n) is 5.51. The Hall–Kier alpha value is -1.66. The third kappa shape index (κ3) is 2.72. The smallest absolute Gasteiger partial charge is 0.266 e. The maximum Gasteiger partial charge on any atom is 0.266 e. The van der Waals surface area contributed by atoms with Crippen LogP contribution in [0.25, 0.3) is 0 Å². The molecule has 5 nitrogen and oxygen atoms in total. The minimum Gasteiger partial charge on any atom is -0.370 e. The molecule has 0 spiro atoms. The molecular formula is C10H15F2N5. The van der Waals surface area contributed by atoms with Crippen molar-refractivity contribution < 1.29 is 8.78 Å². The van der Waals surface area contributed by atoms with Gasteiger partial charge in [0.1, 0.15) is 11.6 Å². The van der Waals surface area contributed by atoms with Crippen molar-refractivity contribution in [3.8, 4) is 0 Å². The van der Waals surface area contributed by atoms with Crippen LogP contribution in [0, 0.1) is 0 Å². The highest BCUT2D eigenvalue weighted by molar-refractivity contribution is 5.53. The highest BCUT2D eigenvalue weighted by Gasteiger charge is 2.38. The van der Waals surface area contributed by atoms with E-state index < -0.39 is 5.92 Å². The topological polar surface area (TPSA) is 67.1 Å². The van der Waals surface area contributed by atoms with Crippen molar-refractivity contribution in [2.75, 3.05) is 35.6 Å². The second-order valence-corrected chi connectivity index (χ2v) is 4.03. The van der Waals surface area contributed by atoms with E-state index in [-0.39, 0.29) is 25.5 Å². The van der Waals surface area contributed by atoms with Gasteiger partial charge in [-0.05, 0) is 6.92 Å². The summed E-state index contributed by atoms with van der Waals surface area (Å²) in [6, 6.07) is 1.64. The first-order chi connectivity index (χ1) is 8.00. The molecule has 1 saturated heterocycles. The Bertz CT molecular complexity index is 410. The summed E-state index contributed by atoms with van der Waals surface area (Å²) < 4.78 is 26.2. The van der Waals surface area contributed by atoms with Crippen LogP contribution in [0.1, 0.15) is 13.3 Å². The number of nitrogens with zero attached hydrogens (tertiary/aromatic N) is 3. The molecule has 0 radical (unpaired) electrons. The number of rotatable bonds is 3. The number of halogens is 2. The molecule has 1 aliphatic heterocycles. The van der Waals surface area contributed by atoms with Gasteiger partial charge < -0.3 is 16.0 Å². The first kappa shape index (κ1) is 11.8. The summed E-state index contributed by atoms with van der Waals surface area (Å²) >= 11 is 0. The predicted molar refractivity (Wildman–Crippen MR) is 62.4 cm³/mol. The normalized spacial score (nSPS) is 18.4.